The molecule has 0 saturated heterocycles. The van der Waals surface area contributed by atoms with Crippen LogP contribution in [0.4, 0.5) is 0 Å². The molecular weight excluding hydrogens is 218 g/mol. The van der Waals surface area contributed by atoms with Crippen molar-refractivity contribution in [3.05, 3.63) is 45.7 Å². The number of para-hydroxylation sites is 1. The van der Waals surface area contributed by atoms with Crippen LogP contribution in [-0.2, 0) is 6.42 Å². The van der Waals surface area contributed by atoms with Crippen LogP contribution in [0, 0.1) is 0 Å². The van der Waals surface area contributed by atoms with E-state index in [-0.39, 0.29) is 11.1 Å². The summed E-state index contributed by atoms with van der Waals surface area (Å²) in [5, 5.41) is 9.65. The third kappa shape index (κ3) is 1.93. The molecule has 0 aliphatic rings. The van der Waals surface area contributed by atoms with Gasteiger partial charge in [0.2, 0.25) is 0 Å². The van der Waals surface area contributed by atoms with Gasteiger partial charge in [0.05, 0.1) is 0 Å². The summed E-state index contributed by atoms with van der Waals surface area (Å²) >= 11 is 0. The van der Waals surface area contributed by atoms with Gasteiger partial charge in [-0.05, 0) is 18.6 Å². The molecule has 1 aromatic carbocycles. The summed E-state index contributed by atoms with van der Waals surface area (Å²) in [6.07, 6.45) is 1.21. The van der Waals surface area contributed by atoms with Crippen molar-refractivity contribution in [2.45, 2.75) is 19.8 Å². The van der Waals surface area contributed by atoms with Crippen LogP contribution in [0.5, 0.6) is 0 Å². The van der Waals surface area contributed by atoms with E-state index in [1.807, 2.05) is 6.92 Å². The van der Waals surface area contributed by atoms with E-state index in [0.717, 1.165) is 6.42 Å². The first-order valence-corrected chi connectivity index (χ1v) is 5.52. The van der Waals surface area contributed by atoms with Crippen LogP contribution in [0.1, 0.15) is 29.4 Å². The first-order valence-electron chi connectivity index (χ1n) is 5.52. The number of rotatable bonds is 3. The molecule has 0 amide bonds. The third-order valence-electron chi connectivity index (χ3n) is 2.72. The maximum atomic E-state index is 12.2. The Hall–Kier alpha value is -2.10. The number of aromatic nitrogens is 1. The lowest BCUT2D eigenvalue weighted by atomic mass is 10.0. The van der Waals surface area contributed by atoms with E-state index in [0.29, 0.717) is 22.9 Å². The highest BCUT2D eigenvalue weighted by atomic mass is 16.4. The molecular formula is C13H13NO3. The highest BCUT2D eigenvalue weighted by molar-refractivity contribution is 5.91. The second kappa shape index (κ2) is 4.41. The van der Waals surface area contributed by atoms with Crippen LogP contribution in [0.2, 0.25) is 0 Å². The number of aromatic amines is 1. The zero-order valence-electron chi connectivity index (χ0n) is 9.49. The molecule has 0 aliphatic carbocycles. The molecule has 0 bridgehead atoms. The van der Waals surface area contributed by atoms with Gasteiger partial charge in [-0.15, -0.1) is 0 Å². The third-order valence-corrected chi connectivity index (χ3v) is 2.72. The van der Waals surface area contributed by atoms with Gasteiger partial charge in [0.25, 0.3) is 0 Å². The number of carbonyl (C=O) groups is 1. The molecule has 0 aliphatic heterocycles. The Kier molecular flexibility index (Phi) is 2.95. The van der Waals surface area contributed by atoms with Gasteiger partial charge in [0, 0.05) is 16.5 Å². The number of benzene rings is 1. The molecule has 0 atom stereocenters. The SMILES string of the molecule is CCCc1c(C(=O)O)[nH]c2ccccc2c1=O. The number of fused-ring (bicyclic) bond motifs is 1. The molecule has 4 heteroatoms. The number of H-pyrrole nitrogens is 1. The average molecular weight is 231 g/mol. The number of carboxylic acids is 1. The number of hydrogen-bond donors (Lipinski definition) is 2. The largest absolute Gasteiger partial charge is 0.477 e. The summed E-state index contributed by atoms with van der Waals surface area (Å²) in [4.78, 5) is 26.1. The Morgan fingerprint density at radius 1 is 1.35 bits per heavy atom. The van der Waals surface area contributed by atoms with E-state index in [1.54, 1.807) is 24.3 Å². The molecule has 88 valence electrons. The molecule has 2 rings (SSSR count). The minimum Gasteiger partial charge on any atom is -0.477 e. The van der Waals surface area contributed by atoms with Crippen molar-refractivity contribution in [1.29, 1.82) is 0 Å². The predicted octanol–water partition coefficient (Wildman–Crippen LogP) is 2.18. The number of carboxylic acid groups (broad SMARTS) is 1. The molecule has 0 spiro atoms. The topological polar surface area (TPSA) is 70.2 Å². The number of pyridine rings is 1. The van der Waals surface area contributed by atoms with E-state index in [9.17, 15) is 9.59 Å². The van der Waals surface area contributed by atoms with Crippen molar-refractivity contribution < 1.29 is 9.90 Å². The second-order valence-electron chi connectivity index (χ2n) is 3.91. The Labute approximate surface area is 97.9 Å². The van der Waals surface area contributed by atoms with Gasteiger partial charge in [-0.3, -0.25) is 4.79 Å². The van der Waals surface area contributed by atoms with Crippen molar-refractivity contribution in [2.24, 2.45) is 0 Å². The zero-order valence-corrected chi connectivity index (χ0v) is 9.49. The lowest BCUT2D eigenvalue weighted by molar-refractivity contribution is 0.0689. The Bertz CT molecular complexity index is 628. The van der Waals surface area contributed by atoms with Gasteiger partial charge >= 0.3 is 5.97 Å². The standard InChI is InChI=1S/C13H13NO3/c1-2-5-9-11(13(16)17)14-10-7-4-3-6-8(10)12(9)15/h3-4,6-7H,2,5H2,1H3,(H,14,15)(H,16,17). The monoisotopic (exact) mass is 231 g/mol. The summed E-state index contributed by atoms with van der Waals surface area (Å²) in [6, 6.07) is 6.95. The molecule has 2 N–H and O–H groups in total. The van der Waals surface area contributed by atoms with Crippen molar-refractivity contribution in [1.82, 2.24) is 4.98 Å². The highest BCUT2D eigenvalue weighted by Gasteiger charge is 2.15. The van der Waals surface area contributed by atoms with Gasteiger partial charge in [0.15, 0.2) is 5.43 Å². The summed E-state index contributed by atoms with van der Waals surface area (Å²) < 4.78 is 0. The normalized spacial score (nSPS) is 10.6. The Morgan fingerprint density at radius 2 is 2.06 bits per heavy atom. The fraction of sp³-hybridized carbons (Fsp3) is 0.231. The molecule has 1 heterocycles. The molecule has 1 aromatic heterocycles. The van der Waals surface area contributed by atoms with E-state index in [2.05, 4.69) is 4.98 Å². The van der Waals surface area contributed by atoms with Gasteiger partial charge in [-0.1, -0.05) is 25.5 Å². The van der Waals surface area contributed by atoms with Crippen molar-refractivity contribution in [2.75, 3.05) is 0 Å². The Morgan fingerprint density at radius 3 is 2.71 bits per heavy atom. The van der Waals surface area contributed by atoms with Crippen LogP contribution in [0.15, 0.2) is 29.1 Å². The molecule has 0 saturated carbocycles. The quantitative estimate of drug-likeness (QED) is 0.850. The van der Waals surface area contributed by atoms with Gasteiger partial charge < -0.3 is 10.1 Å². The summed E-state index contributed by atoms with van der Waals surface area (Å²) in [6.45, 7) is 1.92. The van der Waals surface area contributed by atoms with Gasteiger partial charge in [-0.2, -0.15) is 0 Å². The molecule has 4 nitrogen and oxygen atoms in total. The maximum absolute atomic E-state index is 12.2. The summed E-state index contributed by atoms with van der Waals surface area (Å²) in [7, 11) is 0. The summed E-state index contributed by atoms with van der Waals surface area (Å²) in [5.74, 6) is -1.09. The summed E-state index contributed by atoms with van der Waals surface area (Å²) in [5.41, 5.74) is 0.752. The number of aromatic carboxylic acids is 1. The molecule has 0 radical (unpaired) electrons. The van der Waals surface area contributed by atoms with E-state index in [1.165, 1.54) is 0 Å². The smallest absolute Gasteiger partial charge is 0.352 e. The van der Waals surface area contributed by atoms with Gasteiger partial charge in [0.1, 0.15) is 5.69 Å². The fourth-order valence-corrected chi connectivity index (χ4v) is 1.95. The van der Waals surface area contributed by atoms with Crippen LogP contribution in [0.25, 0.3) is 10.9 Å². The molecule has 2 aromatic rings. The van der Waals surface area contributed by atoms with Crippen molar-refractivity contribution >= 4 is 16.9 Å². The van der Waals surface area contributed by atoms with E-state index < -0.39 is 5.97 Å². The van der Waals surface area contributed by atoms with Crippen LogP contribution in [0.3, 0.4) is 0 Å². The second-order valence-corrected chi connectivity index (χ2v) is 3.91. The fourth-order valence-electron chi connectivity index (χ4n) is 1.95. The van der Waals surface area contributed by atoms with E-state index >= 15 is 0 Å². The lowest BCUT2D eigenvalue weighted by Gasteiger charge is -2.06. The zero-order chi connectivity index (χ0) is 12.4. The van der Waals surface area contributed by atoms with Crippen LogP contribution in [-0.4, -0.2) is 16.1 Å². The predicted molar refractivity (Wildman–Crippen MR) is 65.5 cm³/mol. The molecule has 0 unspecified atom stereocenters. The van der Waals surface area contributed by atoms with Crippen molar-refractivity contribution in [3.63, 3.8) is 0 Å². The van der Waals surface area contributed by atoms with E-state index in [4.69, 9.17) is 5.11 Å². The maximum Gasteiger partial charge on any atom is 0.352 e. The number of hydrogen-bond acceptors (Lipinski definition) is 2. The molecule has 0 fully saturated rings. The van der Waals surface area contributed by atoms with Crippen molar-refractivity contribution in [3.8, 4) is 0 Å². The first kappa shape index (κ1) is 11.4. The molecule has 17 heavy (non-hydrogen) atoms. The average Bonchev–Trinajstić information content (AvgIpc) is 2.32. The van der Waals surface area contributed by atoms with Crippen LogP contribution >= 0.6 is 0 Å². The van der Waals surface area contributed by atoms with Gasteiger partial charge in [-0.25, -0.2) is 4.79 Å². The minimum atomic E-state index is -1.09. The minimum absolute atomic E-state index is 0.00977. The number of nitrogens with one attached hydrogen (secondary N) is 1. The first-order chi connectivity index (χ1) is 8.15. The highest BCUT2D eigenvalue weighted by Crippen LogP contribution is 2.12. The Balaban J connectivity index is 2.84. The lowest BCUT2D eigenvalue weighted by Crippen LogP contribution is -2.18. The van der Waals surface area contributed by atoms with Crippen LogP contribution < -0.4 is 5.43 Å².